The molecule has 30 heavy (non-hydrogen) atoms. The van der Waals surface area contributed by atoms with Gasteiger partial charge >= 0.3 is 6.18 Å². The third kappa shape index (κ3) is 4.96. The molecule has 1 fully saturated rings. The summed E-state index contributed by atoms with van der Waals surface area (Å²) in [5.41, 5.74) is 5.16. The van der Waals surface area contributed by atoms with Gasteiger partial charge in [0.15, 0.2) is 0 Å². The number of nitrogens with zero attached hydrogens (tertiary/aromatic N) is 5. The van der Waals surface area contributed by atoms with Crippen LogP contribution in [0.15, 0.2) is 29.3 Å². The van der Waals surface area contributed by atoms with Gasteiger partial charge in [0, 0.05) is 37.6 Å². The molecular weight excluding hydrogens is 404 g/mol. The lowest BCUT2D eigenvalue weighted by molar-refractivity contribution is -0.139. The Hall–Kier alpha value is -2.95. The number of aryl methyl sites for hydroxylation is 1. The van der Waals surface area contributed by atoms with Gasteiger partial charge in [-0.1, -0.05) is 6.92 Å². The highest BCUT2D eigenvalue weighted by Crippen LogP contribution is 2.33. The highest BCUT2D eigenvalue weighted by Gasteiger charge is 2.34. The van der Waals surface area contributed by atoms with E-state index in [2.05, 4.69) is 26.8 Å². The first kappa shape index (κ1) is 21.8. The summed E-state index contributed by atoms with van der Waals surface area (Å²) in [7, 11) is 1.41. The Kier molecular flexibility index (Phi) is 6.11. The molecule has 1 aromatic carbocycles. The summed E-state index contributed by atoms with van der Waals surface area (Å²) in [6.07, 6.45) is -4.80. The second-order valence-electron chi connectivity index (χ2n) is 6.93. The molecule has 0 amide bonds. The molecule has 162 valence electrons. The fourth-order valence-corrected chi connectivity index (χ4v) is 2.91. The van der Waals surface area contributed by atoms with Crippen molar-refractivity contribution in [2.75, 3.05) is 31.6 Å². The number of hydrogen-bond acceptors (Lipinski definition) is 5. The number of likely N-dealkylation sites (tertiary alicyclic amines) is 1. The molecule has 7 nitrogen and oxygen atoms in total. The lowest BCUT2D eigenvalue weighted by atomic mass is 10.1. The van der Waals surface area contributed by atoms with Crippen LogP contribution in [0.1, 0.15) is 18.2 Å². The number of halogens is 4. The average Bonchev–Trinajstić information content (AvgIpc) is 2.62. The second kappa shape index (κ2) is 8.42. The van der Waals surface area contributed by atoms with E-state index in [9.17, 15) is 17.6 Å². The van der Waals surface area contributed by atoms with Crippen LogP contribution in [-0.2, 0) is 6.18 Å². The van der Waals surface area contributed by atoms with Crippen molar-refractivity contribution < 1.29 is 22.3 Å². The summed E-state index contributed by atoms with van der Waals surface area (Å²) in [6, 6.07) is 4.24. The Balaban J connectivity index is 1.79. The SMILES string of the molecule is CCN1CC(Oc2cc(C)nc(/N=C(/N)N(C)c3ccc(F)c(C(F)(F)F)c3)n2)C1. The molecule has 0 unspecified atom stereocenters. The summed E-state index contributed by atoms with van der Waals surface area (Å²) >= 11 is 0. The zero-order valence-electron chi connectivity index (χ0n) is 16.7. The summed E-state index contributed by atoms with van der Waals surface area (Å²) in [6.45, 7) is 6.35. The number of ether oxygens (including phenoxy) is 1. The second-order valence-corrected chi connectivity index (χ2v) is 6.93. The monoisotopic (exact) mass is 426 g/mol. The Bertz CT molecular complexity index is 943. The van der Waals surface area contributed by atoms with E-state index in [-0.39, 0.29) is 23.7 Å². The van der Waals surface area contributed by atoms with Crippen LogP contribution in [0, 0.1) is 12.7 Å². The van der Waals surface area contributed by atoms with Gasteiger partial charge in [0.25, 0.3) is 5.95 Å². The number of anilines is 1. The first-order valence-electron chi connectivity index (χ1n) is 9.26. The minimum atomic E-state index is -4.83. The molecule has 3 rings (SSSR count). The zero-order valence-corrected chi connectivity index (χ0v) is 16.7. The van der Waals surface area contributed by atoms with Gasteiger partial charge in [0.1, 0.15) is 11.9 Å². The van der Waals surface area contributed by atoms with E-state index in [1.165, 1.54) is 18.0 Å². The predicted molar refractivity (Wildman–Crippen MR) is 104 cm³/mol. The quantitative estimate of drug-likeness (QED) is 0.450. The highest BCUT2D eigenvalue weighted by atomic mass is 19.4. The largest absolute Gasteiger partial charge is 0.471 e. The molecule has 2 heterocycles. The third-order valence-electron chi connectivity index (χ3n) is 4.68. The molecular formula is C19H22F4N6O. The van der Waals surface area contributed by atoms with Crippen LogP contribution in [0.2, 0.25) is 0 Å². The fraction of sp³-hybridized carbons (Fsp3) is 0.421. The molecule has 0 saturated carbocycles. The Labute approximate surface area is 171 Å². The number of guanidine groups is 1. The van der Waals surface area contributed by atoms with Crippen molar-refractivity contribution in [1.29, 1.82) is 0 Å². The molecule has 11 heteroatoms. The van der Waals surface area contributed by atoms with Crippen LogP contribution in [0.3, 0.4) is 0 Å². The predicted octanol–water partition coefficient (Wildman–Crippen LogP) is 3.11. The van der Waals surface area contributed by atoms with Crippen molar-refractivity contribution in [2.24, 2.45) is 10.7 Å². The van der Waals surface area contributed by atoms with Gasteiger partial charge in [0.2, 0.25) is 11.8 Å². The maximum atomic E-state index is 13.5. The average molecular weight is 426 g/mol. The van der Waals surface area contributed by atoms with Crippen molar-refractivity contribution >= 4 is 17.6 Å². The molecule has 0 radical (unpaired) electrons. The number of benzene rings is 1. The minimum Gasteiger partial charge on any atom is -0.471 e. The third-order valence-corrected chi connectivity index (χ3v) is 4.68. The molecule has 0 aliphatic carbocycles. The number of hydrogen-bond donors (Lipinski definition) is 1. The Morgan fingerprint density at radius 2 is 2.00 bits per heavy atom. The van der Waals surface area contributed by atoms with E-state index in [4.69, 9.17) is 10.5 Å². The van der Waals surface area contributed by atoms with E-state index in [0.717, 1.165) is 25.7 Å². The van der Waals surface area contributed by atoms with Crippen LogP contribution >= 0.6 is 0 Å². The van der Waals surface area contributed by atoms with Crippen LogP contribution in [0.4, 0.5) is 29.2 Å². The maximum Gasteiger partial charge on any atom is 0.419 e. The van der Waals surface area contributed by atoms with E-state index >= 15 is 0 Å². The van der Waals surface area contributed by atoms with E-state index < -0.39 is 17.6 Å². The first-order valence-corrected chi connectivity index (χ1v) is 9.26. The minimum absolute atomic E-state index is 0.0131. The topological polar surface area (TPSA) is 79.9 Å². The smallest absolute Gasteiger partial charge is 0.419 e. The zero-order chi connectivity index (χ0) is 22.1. The summed E-state index contributed by atoms with van der Waals surface area (Å²) in [4.78, 5) is 15.9. The molecule has 2 N–H and O–H groups in total. The molecule has 1 aliphatic heterocycles. The number of rotatable bonds is 5. The number of alkyl halides is 3. The van der Waals surface area contributed by atoms with Crippen molar-refractivity contribution in [3.8, 4) is 5.88 Å². The van der Waals surface area contributed by atoms with E-state index in [1.807, 2.05) is 0 Å². The van der Waals surface area contributed by atoms with Crippen molar-refractivity contribution in [3.63, 3.8) is 0 Å². The van der Waals surface area contributed by atoms with Crippen molar-refractivity contribution in [3.05, 3.63) is 41.3 Å². The normalized spacial score (nSPS) is 15.8. The Morgan fingerprint density at radius 3 is 2.63 bits per heavy atom. The van der Waals surface area contributed by atoms with Gasteiger partial charge in [-0.2, -0.15) is 23.1 Å². The van der Waals surface area contributed by atoms with Crippen LogP contribution in [0.5, 0.6) is 5.88 Å². The lowest BCUT2D eigenvalue weighted by Crippen LogP contribution is -2.53. The standard InChI is InChI=1S/C19H22F4N6O/c1-4-29-9-13(10-29)30-16-7-11(2)25-18(26-16)27-17(24)28(3)12-5-6-15(20)14(8-12)19(21,22)23/h5-8,13H,4,9-10H2,1-3H3,(H2,24,25,26,27). The fourth-order valence-electron chi connectivity index (χ4n) is 2.91. The van der Waals surface area contributed by atoms with Crippen molar-refractivity contribution in [1.82, 2.24) is 14.9 Å². The van der Waals surface area contributed by atoms with Crippen LogP contribution in [-0.4, -0.2) is 53.6 Å². The van der Waals surface area contributed by atoms with Gasteiger partial charge in [-0.3, -0.25) is 4.90 Å². The van der Waals surface area contributed by atoms with E-state index in [1.54, 1.807) is 13.0 Å². The van der Waals surface area contributed by atoms with Gasteiger partial charge in [-0.05, 0) is 31.7 Å². The molecule has 0 atom stereocenters. The summed E-state index contributed by atoms with van der Waals surface area (Å²) < 4.78 is 58.2. The number of likely N-dealkylation sites (N-methyl/N-ethyl adjacent to an activating group) is 1. The molecule has 1 saturated heterocycles. The molecule has 1 aliphatic rings. The van der Waals surface area contributed by atoms with Gasteiger partial charge in [0.05, 0.1) is 5.56 Å². The maximum absolute atomic E-state index is 13.5. The van der Waals surface area contributed by atoms with Crippen molar-refractivity contribution in [2.45, 2.75) is 26.1 Å². The molecule has 2 aromatic rings. The number of nitrogens with two attached hydrogens (primary N) is 1. The molecule has 0 bridgehead atoms. The number of aliphatic imine (C=N–C) groups is 1. The van der Waals surface area contributed by atoms with Crippen LogP contribution in [0.25, 0.3) is 0 Å². The first-order chi connectivity index (χ1) is 14.1. The highest BCUT2D eigenvalue weighted by molar-refractivity contribution is 5.95. The van der Waals surface area contributed by atoms with Gasteiger partial charge in [-0.25, -0.2) is 9.37 Å². The van der Waals surface area contributed by atoms with Gasteiger partial charge in [-0.15, -0.1) is 0 Å². The van der Waals surface area contributed by atoms with E-state index in [0.29, 0.717) is 17.6 Å². The summed E-state index contributed by atoms with van der Waals surface area (Å²) in [5.74, 6) is -1.17. The van der Waals surface area contributed by atoms with Crippen LogP contribution < -0.4 is 15.4 Å². The van der Waals surface area contributed by atoms with Gasteiger partial charge < -0.3 is 15.4 Å². The molecule has 1 aromatic heterocycles. The number of aromatic nitrogens is 2. The summed E-state index contributed by atoms with van der Waals surface area (Å²) in [5, 5.41) is 0. The molecule has 0 spiro atoms. The Morgan fingerprint density at radius 1 is 1.30 bits per heavy atom. The lowest BCUT2D eigenvalue weighted by Gasteiger charge is -2.37.